The van der Waals surface area contributed by atoms with Crippen LogP contribution in [0, 0.1) is 11.7 Å². The van der Waals surface area contributed by atoms with E-state index in [1.807, 2.05) is 24.3 Å². The van der Waals surface area contributed by atoms with Crippen LogP contribution in [0.5, 0.6) is 0 Å². The summed E-state index contributed by atoms with van der Waals surface area (Å²) >= 11 is 0. The number of carbonyl (C=O) groups excluding carboxylic acids is 1. The standard InChI is InChI=1S/C25H27FN4O/c26-22-12-4-10-20(17-22)24-27-15-13-23(29-24)30-16-6-11-21(18-30)25(31)28-14-5-9-19-7-2-1-3-8-19/h1-4,7-8,10,12-13,15,17,21H,5-6,9,11,14,16,18H2,(H,28,31). The largest absolute Gasteiger partial charge is 0.356 e. The van der Waals surface area contributed by atoms with E-state index in [0.717, 1.165) is 38.0 Å². The summed E-state index contributed by atoms with van der Waals surface area (Å²) < 4.78 is 13.6. The lowest BCUT2D eigenvalue weighted by Gasteiger charge is -2.33. The molecule has 1 aliphatic rings. The molecule has 1 atom stereocenters. The number of halogens is 1. The predicted octanol–water partition coefficient (Wildman–Crippen LogP) is 4.25. The number of benzene rings is 2. The molecule has 0 radical (unpaired) electrons. The number of nitrogens with one attached hydrogen (secondary N) is 1. The molecule has 2 heterocycles. The Labute approximate surface area is 182 Å². The number of rotatable bonds is 7. The molecule has 1 unspecified atom stereocenters. The second kappa shape index (κ2) is 10.2. The number of hydrogen-bond acceptors (Lipinski definition) is 4. The van der Waals surface area contributed by atoms with Gasteiger partial charge in [-0.2, -0.15) is 0 Å². The van der Waals surface area contributed by atoms with Crippen LogP contribution in [0.3, 0.4) is 0 Å². The summed E-state index contributed by atoms with van der Waals surface area (Å²) in [5, 5.41) is 3.10. The molecular weight excluding hydrogens is 391 g/mol. The van der Waals surface area contributed by atoms with Crippen LogP contribution >= 0.6 is 0 Å². The summed E-state index contributed by atoms with van der Waals surface area (Å²) in [6.45, 7) is 2.16. The molecule has 0 aliphatic carbocycles. The Morgan fingerprint density at radius 3 is 2.84 bits per heavy atom. The number of hydrogen-bond donors (Lipinski definition) is 1. The highest BCUT2D eigenvalue weighted by Crippen LogP contribution is 2.24. The Kier molecular flexibility index (Phi) is 6.87. The number of anilines is 1. The van der Waals surface area contributed by atoms with E-state index < -0.39 is 0 Å². The number of amides is 1. The SMILES string of the molecule is O=C(NCCCc1ccccc1)C1CCCN(c2ccnc(-c3cccc(F)c3)n2)C1. The van der Waals surface area contributed by atoms with Gasteiger partial charge in [0.25, 0.3) is 0 Å². The van der Waals surface area contributed by atoms with Gasteiger partial charge >= 0.3 is 0 Å². The molecule has 1 fully saturated rings. The summed E-state index contributed by atoms with van der Waals surface area (Å²) in [5.74, 6) is 1.00. The molecule has 0 saturated carbocycles. The molecule has 2 aromatic carbocycles. The molecule has 0 bridgehead atoms. The number of nitrogens with zero attached hydrogens (tertiary/aromatic N) is 3. The lowest BCUT2D eigenvalue weighted by Crippen LogP contribution is -2.43. The number of piperidine rings is 1. The van der Waals surface area contributed by atoms with Crippen LogP contribution in [0.4, 0.5) is 10.2 Å². The highest BCUT2D eigenvalue weighted by Gasteiger charge is 2.26. The van der Waals surface area contributed by atoms with Crippen molar-refractivity contribution in [3.63, 3.8) is 0 Å². The molecule has 3 aromatic rings. The van der Waals surface area contributed by atoms with Crippen LogP contribution in [-0.4, -0.2) is 35.5 Å². The molecule has 31 heavy (non-hydrogen) atoms. The van der Waals surface area contributed by atoms with Gasteiger partial charge < -0.3 is 10.2 Å². The highest BCUT2D eigenvalue weighted by molar-refractivity contribution is 5.79. The third-order valence-corrected chi connectivity index (χ3v) is 5.62. The van der Waals surface area contributed by atoms with Crippen molar-refractivity contribution in [2.45, 2.75) is 25.7 Å². The Balaban J connectivity index is 1.33. The first-order valence-corrected chi connectivity index (χ1v) is 10.8. The van der Waals surface area contributed by atoms with Gasteiger partial charge in [0.1, 0.15) is 11.6 Å². The predicted molar refractivity (Wildman–Crippen MR) is 120 cm³/mol. The van der Waals surface area contributed by atoms with E-state index in [1.54, 1.807) is 18.3 Å². The molecule has 1 amide bonds. The first-order chi connectivity index (χ1) is 15.2. The van der Waals surface area contributed by atoms with Crippen molar-refractivity contribution >= 4 is 11.7 Å². The van der Waals surface area contributed by atoms with Gasteiger partial charge in [-0.05, 0) is 49.4 Å². The second-order valence-corrected chi connectivity index (χ2v) is 7.91. The maximum Gasteiger partial charge on any atom is 0.224 e. The first-order valence-electron chi connectivity index (χ1n) is 10.8. The van der Waals surface area contributed by atoms with Gasteiger partial charge in [0.15, 0.2) is 5.82 Å². The summed E-state index contributed by atoms with van der Waals surface area (Å²) in [6, 6.07) is 18.4. The summed E-state index contributed by atoms with van der Waals surface area (Å²) in [5.41, 5.74) is 1.94. The molecule has 6 heteroatoms. The average Bonchev–Trinajstić information content (AvgIpc) is 2.82. The molecule has 5 nitrogen and oxygen atoms in total. The molecule has 160 valence electrons. The van der Waals surface area contributed by atoms with Crippen molar-refractivity contribution in [3.05, 3.63) is 78.2 Å². The smallest absolute Gasteiger partial charge is 0.224 e. The Morgan fingerprint density at radius 1 is 1.13 bits per heavy atom. The monoisotopic (exact) mass is 418 g/mol. The number of carbonyl (C=O) groups is 1. The van der Waals surface area contributed by atoms with E-state index in [9.17, 15) is 9.18 Å². The van der Waals surface area contributed by atoms with Crippen molar-refractivity contribution in [3.8, 4) is 11.4 Å². The fourth-order valence-corrected chi connectivity index (χ4v) is 3.98. The third-order valence-electron chi connectivity index (χ3n) is 5.62. The zero-order valence-electron chi connectivity index (χ0n) is 17.5. The topological polar surface area (TPSA) is 58.1 Å². The van der Waals surface area contributed by atoms with Crippen LogP contribution in [0.15, 0.2) is 66.9 Å². The maximum atomic E-state index is 13.6. The van der Waals surface area contributed by atoms with Crippen molar-refractivity contribution in [1.82, 2.24) is 15.3 Å². The molecular formula is C25H27FN4O. The molecule has 0 spiro atoms. The van der Waals surface area contributed by atoms with Crippen LogP contribution in [0.25, 0.3) is 11.4 Å². The molecule has 1 saturated heterocycles. The maximum absolute atomic E-state index is 13.6. The van der Waals surface area contributed by atoms with Crippen molar-refractivity contribution in [1.29, 1.82) is 0 Å². The van der Waals surface area contributed by atoms with Gasteiger partial charge in [-0.1, -0.05) is 42.5 Å². The lowest BCUT2D eigenvalue weighted by atomic mass is 9.97. The molecule has 4 rings (SSSR count). The minimum atomic E-state index is -0.312. The fraction of sp³-hybridized carbons (Fsp3) is 0.320. The van der Waals surface area contributed by atoms with Crippen molar-refractivity contribution < 1.29 is 9.18 Å². The summed E-state index contributed by atoms with van der Waals surface area (Å²) in [6.07, 6.45) is 5.39. The van der Waals surface area contributed by atoms with Gasteiger partial charge in [-0.25, -0.2) is 14.4 Å². The van der Waals surface area contributed by atoms with Crippen LogP contribution in [0.1, 0.15) is 24.8 Å². The van der Waals surface area contributed by atoms with Gasteiger partial charge in [-0.3, -0.25) is 4.79 Å². The number of aryl methyl sites for hydroxylation is 1. The minimum Gasteiger partial charge on any atom is -0.356 e. The lowest BCUT2D eigenvalue weighted by molar-refractivity contribution is -0.125. The Bertz CT molecular complexity index is 1010. The van der Waals surface area contributed by atoms with Gasteiger partial charge in [0.05, 0.1) is 5.92 Å². The average molecular weight is 419 g/mol. The zero-order valence-corrected chi connectivity index (χ0v) is 17.5. The van der Waals surface area contributed by atoms with E-state index in [0.29, 0.717) is 24.5 Å². The Morgan fingerprint density at radius 2 is 2.00 bits per heavy atom. The van der Waals surface area contributed by atoms with Gasteiger partial charge in [0, 0.05) is 31.4 Å². The summed E-state index contributed by atoms with van der Waals surface area (Å²) in [4.78, 5) is 23.7. The van der Waals surface area contributed by atoms with Crippen LogP contribution in [-0.2, 0) is 11.2 Å². The van der Waals surface area contributed by atoms with Crippen LogP contribution in [0.2, 0.25) is 0 Å². The zero-order chi connectivity index (χ0) is 21.5. The van der Waals surface area contributed by atoms with E-state index in [1.165, 1.54) is 17.7 Å². The van der Waals surface area contributed by atoms with Gasteiger partial charge in [0.2, 0.25) is 5.91 Å². The fourth-order valence-electron chi connectivity index (χ4n) is 3.98. The number of aromatic nitrogens is 2. The second-order valence-electron chi connectivity index (χ2n) is 7.91. The molecule has 1 N–H and O–H groups in total. The van der Waals surface area contributed by atoms with E-state index in [4.69, 9.17) is 0 Å². The Hall–Kier alpha value is -3.28. The third kappa shape index (κ3) is 5.66. The quantitative estimate of drug-likeness (QED) is 0.583. The van der Waals surface area contributed by atoms with Crippen LogP contribution < -0.4 is 10.2 Å². The van der Waals surface area contributed by atoms with Gasteiger partial charge in [-0.15, -0.1) is 0 Å². The van der Waals surface area contributed by atoms with Crippen molar-refractivity contribution in [2.75, 3.05) is 24.5 Å². The summed E-state index contributed by atoms with van der Waals surface area (Å²) in [7, 11) is 0. The van der Waals surface area contributed by atoms with E-state index >= 15 is 0 Å². The van der Waals surface area contributed by atoms with E-state index in [2.05, 4.69) is 32.3 Å². The molecule has 1 aromatic heterocycles. The van der Waals surface area contributed by atoms with E-state index in [-0.39, 0.29) is 17.6 Å². The molecule has 1 aliphatic heterocycles. The highest BCUT2D eigenvalue weighted by atomic mass is 19.1. The first kappa shape index (κ1) is 21.0. The van der Waals surface area contributed by atoms with Crippen molar-refractivity contribution in [2.24, 2.45) is 5.92 Å². The normalized spacial score (nSPS) is 16.2. The minimum absolute atomic E-state index is 0.0574.